The molecule has 1 aliphatic rings. The van der Waals surface area contributed by atoms with E-state index in [0.717, 1.165) is 12.8 Å². The fraction of sp³-hybridized carbons (Fsp3) is 0.636. The average Bonchev–Trinajstić information content (AvgIpc) is 2.99. The monoisotopic (exact) mass is 252 g/mol. The van der Waals surface area contributed by atoms with Crippen molar-refractivity contribution in [1.29, 1.82) is 0 Å². The summed E-state index contributed by atoms with van der Waals surface area (Å²) in [5, 5.41) is 8.79. The molecule has 1 aliphatic carbocycles. The van der Waals surface area contributed by atoms with Gasteiger partial charge in [-0.1, -0.05) is 13.8 Å². The van der Waals surface area contributed by atoms with Crippen LogP contribution in [0.3, 0.4) is 0 Å². The molecule has 16 heavy (non-hydrogen) atoms. The molecule has 0 unspecified atom stereocenters. The fourth-order valence-electron chi connectivity index (χ4n) is 1.46. The molecular weight excluding hydrogens is 237 g/mol. The molecule has 1 N–H and O–H groups in total. The quantitative estimate of drug-likeness (QED) is 0.837. The Bertz CT molecular complexity index is 339. The summed E-state index contributed by atoms with van der Waals surface area (Å²) in [5.74, 6) is 0.0724. The van der Waals surface area contributed by atoms with Gasteiger partial charge in [-0.05, 0) is 30.4 Å². The lowest BCUT2D eigenvalue weighted by atomic mass is 10.1. The van der Waals surface area contributed by atoms with Gasteiger partial charge in [-0.3, -0.25) is 0 Å². The first-order chi connectivity index (χ1) is 7.52. The van der Waals surface area contributed by atoms with E-state index in [1.54, 1.807) is 0 Å². The van der Waals surface area contributed by atoms with E-state index in [0.29, 0.717) is 21.8 Å². The Morgan fingerprint density at radius 1 is 1.38 bits per heavy atom. The van der Waals surface area contributed by atoms with Gasteiger partial charge >= 0.3 is 6.18 Å². The Kier molecular flexibility index (Phi) is 4.38. The molecule has 1 aromatic heterocycles. The van der Waals surface area contributed by atoms with E-state index in [4.69, 9.17) is 5.11 Å². The van der Waals surface area contributed by atoms with Crippen LogP contribution in [0.15, 0.2) is 6.07 Å². The summed E-state index contributed by atoms with van der Waals surface area (Å²) in [4.78, 5) is -0.122. The van der Waals surface area contributed by atoms with Crippen molar-refractivity contribution in [2.24, 2.45) is 0 Å². The highest BCUT2D eigenvalue weighted by atomic mass is 32.1. The SMILES string of the molecule is CC.OCc1cc(C2CC2)c(C(F)(F)F)s1. The lowest BCUT2D eigenvalue weighted by Gasteiger charge is -2.05. The van der Waals surface area contributed by atoms with E-state index in [2.05, 4.69) is 0 Å². The minimum absolute atomic E-state index is 0.0724. The molecule has 0 aromatic carbocycles. The number of rotatable bonds is 2. The van der Waals surface area contributed by atoms with Crippen LogP contribution in [0.2, 0.25) is 0 Å². The van der Waals surface area contributed by atoms with Gasteiger partial charge in [-0.2, -0.15) is 13.2 Å². The van der Waals surface area contributed by atoms with Crippen molar-refractivity contribution in [3.63, 3.8) is 0 Å². The standard InChI is InChI=1S/C9H9F3OS.C2H6/c10-9(11,12)8-7(5-1-2-5)3-6(4-13)14-8;1-2/h3,5,13H,1-2,4H2;1-2H3. The van der Waals surface area contributed by atoms with E-state index >= 15 is 0 Å². The number of aliphatic hydroxyl groups is 1. The smallest absolute Gasteiger partial charge is 0.391 e. The zero-order chi connectivity index (χ0) is 12.3. The van der Waals surface area contributed by atoms with Crippen LogP contribution in [0.1, 0.15) is 47.9 Å². The van der Waals surface area contributed by atoms with E-state index in [1.807, 2.05) is 13.8 Å². The Morgan fingerprint density at radius 2 is 1.94 bits per heavy atom. The molecule has 0 radical (unpaired) electrons. The molecule has 0 aliphatic heterocycles. The van der Waals surface area contributed by atoms with Crippen molar-refractivity contribution in [1.82, 2.24) is 0 Å². The summed E-state index contributed by atoms with van der Waals surface area (Å²) in [7, 11) is 0. The largest absolute Gasteiger partial charge is 0.425 e. The Morgan fingerprint density at radius 3 is 2.31 bits per heavy atom. The predicted octanol–water partition coefficient (Wildman–Crippen LogP) is 4.16. The van der Waals surface area contributed by atoms with Crippen molar-refractivity contribution in [2.75, 3.05) is 0 Å². The third-order valence-corrected chi connectivity index (χ3v) is 3.42. The zero-order valence-electron chi connectivity index (χ0n) is 9.27. The summed E-state index contributed by atoms with van der Waals surface area (Å²) in [6.45, 7) is 3.69. The molecule has 1 fully saturated rings. The molecular formula is C11H15F3OS. The highest BCUT2D eigenvalue weighted by Gasteiger charge is 2.40. The number of hydrogen-bond donors (Lipinski definition) is 1. The number of alkyl halides is 3. The second kappa shape index (κ2) is 5.19. The third kappa shape index (κ3) is 2.98. The van der Waals surface area contributed by atoms with Gasteiger partial charge in [0.1, 0.15) is 4.88 Å². The number of halogens is 3. The van der Waals surface area contributed by atoms with Crippen molar-refractivity contribution in [3.8, 4) is 0 Å². The summed E-state index contributed by atoms with van der Waals surface area (Å²) in [6, 6.07) is 1.49. The van der Waals surface area contributed by atoms with Gasteiger partial charge in [0, 0.05) is 4.88 Å². The van der Waals surface area contributed by atoms with Crippen molar-refractivity contribution < 1.29 is 18.3 Å². The Hall–Kier alpha value is -0.550. The van der Waals surface area contributed by atoms with Crippen LogP contribution < -0.4 is 0 Å². The highest BCUT2D eigenvalue weighted by Crippen LogP contribution is 2.49. The van der Waals surface area contributed by atoms with Gasteiger partial charge < -0.3 is 5.11 Å². The first-order valence-corrected chi connectivity index (χ1v) is 6.14. The molecule has 0 atom stereocenters. The normalized spacial score (nSPS) is 15.6. The summed E-state index contributed by atoms with van der Waals surface area (Å²) in [6.07, 6.45) is -2.59. The van der Waals surface area contributed by atoms with Gasteiger partial charge in [-0.15, -0.1) is 11.3 Å². The van der Waals surface area contributed by atoms with Crippen LogP contribution in [0, 0.1) is 0 Å². The molecule has 0 saturated heterocycles. The first kappa shape index (κ1) is 13.5. The van der Waals surface area contributed by atoms with E-state index in [-0.39, 0.29) is 12.5 Å². The lowest BCUT2D eigenvalue weighted by Crippen LogP contribution is -2.04. The maximum absolute atomic E-state index is 12.5. The van der Waals surface area contributed by atoms with Crippen molar-refractivity contribution >= 4 is 11.3 Å². The van der Waals surface area contributed by atoms with Gasteiger partial charge in [0.15, 0.2) is 0 Å². The molecule has 0 bridgehead atoms. The van der Waals surface area contributed by atoms with Gasteiger partial charge in [0.2, 0.25) is 0 Å². The minimum atomic E-state index is -4.27. The lowest BCUT2D eigenvalue weighted by molar-refractivity contribution is -0.134. The molecule has 1 aromatic rings. The van der Waals surface area contributed by atoms with E-state index < -0.39 is 11.1 Å². The Balaban J connectivity index is 0.000000606. The number of aliphatic hydroxyl groups excluding tert-OH is 1. The molecule has 1 heterocycles. The third-order valence-electron chi connectivity index (χ3n) is 2.24. The fourth-order valence-corrected chi connectivity index (χ4v) is 2.43. The molecule has 1 saturated carbocycles. The van der Waals surface area contributed by atoms with Gasteiger partial charge in [0.25, 0.3) is 0 Å². The van der Waals surface area contributed by atoms with Crippen LogP contribution in [-0.4, -0.2) is 5.11 Å². The minimum Gasteiger partial charge on any atom is -0.391 e. The number of hydrogen-bond acceptors (Lipinski definition) is 2. The Labute approximate surface area is 96.9 Å². The highest BCUT2D eigenvalue weighted by molar-refractivity contribution is 7.12. The maximum Gasteiger partial charge on any atom is 0.425 e. The van der Waals surface area contributed by atoms with Crippen molar-refractivity contribution in [3.05, 3.63) is 21.4 Å². The molecule has 0 amide bonds. The van der Waals surface area contributed by atoms with Crippen LogP contribution in [0.5, 0.6) is 0 Å². The molecule has 92 valence electrons. The van der Waals surface area contributed by atoms with E-state index in [9.17, 15) is 13.2 Å². The molecule has 0 spiro atoms. The summed E-state index contributed by atoms with van der Waals surface area (Å²) in [5.41, 5.74) is 0.381. The maximum atomic E-state index is 12.5. The van der Waals surface area contributed by atoms with Gasteiger partial charge in [0.05, 0.1) is 6.61 Å². The van der Waals surface area contributed by atoms with Crippen molar-refractivity contribution in [2.45, 2.75) is 45.4 Å². The molecule has 2 rings (SSSR count). The average molecular weight is 252 g/mol. The number of thiophene rings is 1. The van der Waals surface area contributed by atoms with E-state index in [1.165, 1.54) is 6.07 Å². The predicted molar refractivity (Wildman–Crippen MR) is 58.6 cm³/mol. The zero-order valence-corrected chi connectivity index (χ0v) is 10.1. The molecule has 5 heteroatoms. The second-order valence-corrected chi connectivity index (χ2v) is 4.56. The topological polar surface area (TPSA) is 20.2 Å². The molecule has 1 nitrogen and oxygen atoms in total. The summed E-state index contributed by atoms with van der Waals surface area (Å²) >= 11 is 0.660. The van der Waals surface area contributed by atoms with Crippen LogP contribution in [0.25, 0.3) is 0 Å². The van der Waals surface area contributed by atoms with Crippen LogP contribution in [0.4, 0.5) is 13.2 Å². The van der Waals surface area contributed by atoms with Crippen LogP contribution >= 0.6 is 11.3 Å². The van der Waals surface area contributed by atoms with Crippen LogP contribution in [-0.2, 0) is 12.8 Å². The second-order valence-electron chi connectivity index (χ2n) is 3.43. The summed E-state index contributed by atoms with van der Waals surface area (Å²) < 4.78 is 37.5. The van der Waals surface area contributed by atoms with Gasteiger partial charge in [-0.25, -0.2) is 0 Å². The first-order valence-electron chi connectivity index (χ1n) is 5.33.